The molecule has 27 heavy (non-hydrogen) atoms. The van der Waals surface area contributed by atoms with Crippen molar-refractivity contribution in [3.05, 3.63) is 36.0 Å². The number of hydrogen-bond acceptors (Lipinski definition) is 6. The molecule has 1 N–H and O–H groups in total. The maximum Gasteiger partial charge on any atom is 0.228 e. The highest BCUT2D eigenvalue weighted by molar-refractivity contribution is 7.88. The number of piperidine rings is 1. The third kappa shape index (κ3) is 4.89. The Morgan fingerprint density at radius 3 is 2.70 bits per heavy atom. The number of benzene rings is 1. The van der Waals surface area contributed by atoms with Crippen molar-refractivity contribution >= 4 is 15.9 Å². The van der Waals surface area contributed by atoms with Crippen LogP contribution in [0.4, 0.5) is 4.39 Å². The maximum absolute atomic E-state index is 13.7. The molecule has 1 aromatic heterocycles. The summed E-state index contributed by atoms with van der Waals surface area (Å²) in [5, 5.41) is 6.57. The van der Waals surface area contributed by atoms with Gasteiger partial charge in [-0.2, -0.15) is 4.98 Å². The van der Waals surface area contributed by atoms with E-state index in [0.717, 1.165) is 0 Å². The first kappa shape index (κ1) is 19.4. The van der Waals surface area contributed by atoms with Crippen LogP contribution in [0.2, 0.25) is 0 Å². The predicted octanol–water partition coefficient (Wildman–Crippen LogP) is 1.21. The number of halogens is 1. The van der Waals surface area contributed by atoms with Crippen LogP contribution in [0.15, 0.2) is 28.8 Å². The van der Waals surface area contributed by atoms with Gasteiger partial charge in [0.1, 0.15) is 5.82 Å². The first-order chi connectivity index (χ1) is 12.8. The van der Waals surface area contributed by atoms with Crippen LogP contribution in [-0.2, 0) is 21.2 Å². The number of nitrogens with zero attached hydrogens (tertiary/aromatic N) is 3. The minimum atomic E-state index is -3.20. The lowest BCUT2D eigenvalue weighted by molar-refractivity contribution is -0.126. The van der Waals surface area contributed by atoms with E-state index in [1.54, 1.807) is 18.2 Å². The van der Waals surface area contributed by atoms with Crippen molar-refractivity contribution in [3.63, 3.8) is 0 Å². The molecule has 2 heterocycles. The minimum absolute atomic E-state index is 0.114. The van der Waals surface area contributed by atoms with E-state index in [1.807, 2.05) is 0 Å². The Morgan fingerprint density at radius 1 is 1.33 bits per heavy atom. The van der Waals surface area contributed by atoms with Crippen LogP contribution in [0, 0.1) is 11.7 Å². The molecule has 0 aliphatic carbocycles. The number of aromatic nitrogens is 2. The average molecular weight is 396 g/mol. The Kier molecular flexibility index (Phi) is 5.85. The van der Waals surface area contributed by atoms with Crippen molar-refractivity contribution in [1.82, 2.24) is 19.8 Å². The first-order valence-corrected chi connectivity index (χ1v) is 10.5. The summed E-state index contributed by atoms with van der Waals surface area (Å²) in [6.45, 7) is 1.02. The first-order valence-electron chi connectivity index (χ1n) is 8.65. The van der Waals surface area contributed by atoms with E-state index in [9.17, 15) is 17.6 Å². The van der Waals surface area contributed by atoms with Crippen LogP contribution in [-0.4, -0.2) is 54.7 Å². The number of carbonyl (C=O) groups excluding carboxylic acids is 1. The minimum Gasteiger partial charge on any atom is -0.355 e. The summed E-state index contributed by atoms with van der Waals surface area (Å²) in [7, 11) is -3.20. The van der Waals surface area contributed by atoms with Gasteiger partial charge in [-0.3, -0.25) is 4.79 Å². The molecule has 10 heteroatoms. The molecule has 2 aromatic rings. The predicted molar refractivity (Wildman–Crippen MR) is 95.5 cm³/mol. The van der Waals surface area contributed by atoms with Crippen LogP contribution in [0.3, 0.4) is 0 Å². The molecule has 1 aromatic carbocycles. The molecule has 0 saturated carbocycles. The number of hydrogen-bond donors (Lipinski definition) is 1. The van der Waals surface area contributed by atoms with E-state index in [1.165, 1.54) is 16.6 Å². The van der Waals surface area contributed by atoms with Gasteiger partial charge in [-0.15, -0.1) is 0 Å². The molecule has 146 valence electrons. The van der Waals surface area contributed by atoms with Gasteiger partial charge in [0.05, 0.1) is 11.8 Å². The summed E-state index contributed by atoms with van der Waals surface area (Å²) >= 11 is 0. The van der Waals surface area contributed by atoms with Crippen LogP contribution in [0.1, 0.15) is 18.7 Å². The number of nitrogens with one attached hydrogen (secondary N) is 1. The third-order valence-corrected chi connectivity index (χ3v) is 5.82. The molecule has 0 atom stereocenters. The topological polar surface area (TPSA) is 105 Å². The van der Waals surface area contributed by atoms with E-state index >= 15 is 0 Å². The Morgan fingerprint density at radius 2 is 2.04 bits per heavy atom. The van der Waals surface area contributed by atoms with Crippen molar-refractivity contribution in [3.8, 4) is 11.4 Å². The molecule has 0 bridgehead atoms. The quantitative estimate of drug-likeness (QED) is 0.787. The molecular weight excluding hydrogens is 375 g/mol. The van der Waals surface area contributed by atoms with E-state index in [2.05, 4.69) is 15.5 Å². The third-order valence-electron chi connectivity index (χ3n) is 4.51. The second kappa shape index (κ2) is 8.13. The molecular formula is C17H21FN4O4S. The fourth-order valence-electron chi connectivity index (χ4n) is 2.99. The summed E-state index contributed by atoms with van der Waals surface area (Å²) in [6, 6.07) is 6.15. The Hall–Kier alpha value is -2.33. The van der Waals surface area contributed by atoms with Crippen LogP contribution in [0.5, 0.6) is 0 Å². The number of amides is 1. The summed E-state index contributed by atoms with van der Waals surface area (Å²) in [6.07, 6.45) is 2.50. The van der Waals surface area contributed by atoms with E-state index in [0.29, 0.717) is 44.8 Å². The van der Waals surface area contributed by atoms with Crippen LogP contribution in [0.25, 0.3) is 11.4 Å². The second-order valence-corrected chi connectivity index (χ2v) is 8.45. The van der Waals surface area contributed by atoms with Gasteiger partial charge in [0, 0.05) is 32.0 Å². The summed E-state index contributed by atoms with van der Waals surface area (Å²) in [5.41, 5.74) is 0.258. The van der Waals surface area contributed by atoms with Gasteiger partial charge in [-0.05, 0) is 25.0 Å². The van der Waals surface area contributed by atoms with Gasteiger partial charge in [-0.25, -0.2) is 17.1 Å². The smallest absolute Gasteiger partial charge is 0.228 e. The lowest BCUT2D eigenvalue weighted by Gasteiger charge is -2.29. The molecule has 8 nitrogen and oxygen atoms in total. The fourth-order valence-corrected chi connectivity index (χ4v) is 3.87. The maximum atomic E-state index is 13.7. The van der Waals surface area contributed by atoms with Crippen molar-refractivity contribution in [2.75, 3.05) is 25.9 Å². The summed E-state index contributed by atoms with van der Waals surface area (Å²) in [4.78, 5) is 16.4. The highest BCUT2D eigenvalue weighted by Crippen LogP contribution is 2.20. The molecule has 1 saturated heterocycles. The van der Waals surface area contributed by atoms with Crippen LogP contribution < -0.4 is 5.32 Å². The molecule has 3 rings (SSSR count). The van der Waals surface area contributed by atoms with Crippen molar-refractivity contribution in [1.29, 1.82) is 0 Å². The monoisotopic (exact) mass is 396 g/mol. The van der Waals surface area contributed by atoms with E-state index in [4.69, 9.17) is 4.52 Å². The van der Waals surface area contributed by atoms with Gasteiger partial charge in [0.15, 0.2) is 0 Å². The van der Waals surface area contributed by atoms with Gasteiger partial charge in [0.25, 0.3) is 0 Å². The molecule has 0 radical (unpaired) electrons. The largest absolute Gasteiger partial charge is 0.355 e. The zero-order valence-corrected chi connectivity index (χ0v) is 15.7. The molecule has 1 aliphatic heterocycles. The molecule has 0 unspecified atom stereocenters. The SMILES string of the molecule is CS(=O)(=O)N1CCC(C(=O)NCCc2nc(-c3ccccc3F)no2)CC1. The normalized spacial score (nSPS) is 16.4. The van der Waals surface area contributed by atoms with E-state index < -0.39 is 15.8 Å². The standard InChI is InChI=1S/C17H21FN4O4S/c1-27(24,25)22-10-7-12(8-11-22)17(23)19-9-6-15-20-16(21-26-15)13-4-2-3-5-14(13)18/h2-5,12H,6-11H2,1H3,(H,19,23). The summed E-state index contributed by atoms with van der Waals surface area (Å²) in [5.74, 6) is -0.279. The van der Waals surface area contributed by atoms with Crippen molar-refractivity contribution in [2.24, 2.45) is 5.92 Å². The van der Waals surface area contributed by atoms with Crippen molar-refractivity contribution in [2.45, 2.75) is 19.3 Å². The number of rotatable bonds is 6. The highest BCUT2D eigenvalue weighted by Gasteiger charge is 2.28. The molecule has 1 aliphatic rings. The Labute approximate surface area is 156 Å². The highest BCUT2D eigenvalue weighted by atomic mass is 32.2. The zero-order valence-electron chi connectivity index (χ0n) is 14.9. The molecule has 1 amide bonds. The summed E-state index contributed by atoms with van der Waals surface area (Å²) < 4.78 is 43.2. The Bertz CT molecular complexity index is 907. The van der Waals surface area contributed by atoms with Crippen molar-refractivity contribution < 1.29 is 22.1 Å². The van der Waals surface area contributed by atoms with E-state index in [-0.39, 0.29) is 23.2 Å². The van der Waals surface area contributed by atoms with Gasteiger partial charge in [-0.1, -0.05) is 17.3 Å². The number of sulfonamides is 1. The van der Waals surface area contributed by atoms with Gasteiger partial charge >= 0.3 is 0 Å². The average Bonchev–Trinajstić information content (AvgIpc) is 3.10. The van der Waals surface area contributed by atoms with Gasteiger partial charge in [0.2, 0.25) is 27.6 Å². The lowest BCUT2D eigenvalue weighted by Crippen LogP contribution is -2.42. The molecule has 1 fully saturated rings. The molecule has 0 spiro atoms. The fraction of sp³-hybridized carbons (Fsp3) is 0.471. The van der Waals surface area contributed by atoms with Crippen LogP contribution >= 0.6 is 0 Å². The van der Waals surface area contributed by atoms with Gasteiger partial charge < -0.3 is 9.84 Å². The Balaban J connectivity index is 1.47. The number of carbonyl (C=O) groups is 1. The zero-order chi connectivity index (χ0) is 19.4. The second-order valence-electron chi connectivity index (χ2n) is 6.47. The lowest BCUT2D eigenvalue weighted by atomic mass is 9.97.